The molecular weight excluding hydrogens is 270 g/mol. The fourth-order valence-electron chi connectivity index (χ4n) is 1.45. The standard InChI is InChI=1S/C9H10BrNS.ClH/c10-7-1-2-8-6(3-7)4-12-5-9(8)11;/h1-3,9H,4-5,11H2;1H. The minimum absolute atomic E-state index is 0. The lowest BCUT2D eigenvalue weighted by atomic mass is 10.0. The van der Waals surface area contributed by atoms with Crippen LogP contribution in [-0.2, 0) is 5.75 Å². The van der Waals surface area contributed by atoms with Gasteiger partial charge < -0.3 is 5.73 Å². The monoisotopic (exact) mass is 279 g/mol. The second kappa shape index (κ2) is 4.69. The van der Waals surface area contributed by atoms with Crippen molar-refractivity contribution in [3.05, 3.63) is 33.8 Å². The van der Waals surface area contributed by atoms with E-state index in [9.17, 15) is 0 Å². The van der Waals surface area contributed by atoms with Gasteiger partial charge in [-0.2, -0.15) is 11.8 Å². The van der Waals surface area contributed by atoms with Crippen molar-refractivity contribution in [2.75, 3.05) is 5.75 Å². The molecule has 0 saturated carbocycles. The van der Waals surface area contributed by atoms with Gasteiger partial charge in [-0.3, -0.25) is 0 Å². The fraction of sp³-hybridized carbons (Fsp3) is 0.333. The van der Waals surface area contributed by atoms with Crippen molar-refractivity contribution in [3.63, 3.8) is 0 Å². The molecule has 1 heterocycles. The minimum Gasteiger partial charge on any atom is -0.323 e. The Morgan fingerprint density at radius 1 is 1.46 bits per heavy atom. The number of hydrogen-bond acceptors (Lipinski definition) is 2. The number of fused-ring (bicyclic) bond motifs is 1. The molecule has 0 radical (unpaired) electrons. The molecule has 1 nitrogen and oxygen atoms in total. The Morgan fingerprint density at radius 2 is 2.23 bits per heavy atom. The molecule has 0 fully saturated rings. The number of rotatable bonds is 0. The summed E-state index contributed by atoms with van der Waals surface area (Å²) in [6.07, 6.45) is 0. The number of benzene rings is 1. The van der Waals surface area contributed by atoms with Gasteiger partial charge in [0.2, 0.25) is 0 Å². The largest absolute Gasteiger partial charge is 0.323 e. The summed E-state index contributed by atoms with van der Waals surface area (Å²) in [4.78, 5) is 0. The van der Waals surface area contributed by atoms with Gasteiger partial charge in [0.25, 0.3) is 0 Å². The SMILES string of the molecule is Cl.NC1CSCc2cc(Br)ccc21. The smallest absolute Gasteiger partial charge is 0.0389 e. The predicted octanol–water partition coefficient (Wildman–Crippen LogP) is 3.12. The van der Waals surface area contributed by atoms with Crippen LogP contribution in [0.3, 0.4) is 0 Å². The molecular formula is C9H11BrClNS. The van der Waals surface area contributed by atoms with E-state index in [1.54, 1.807) is 0 Å². The van der Waals surface area contributed by atoms with Gasteiger partial charge in [0.05, 0.1) is 0 Å². The number of nitrogens with two attached hydrogens (primary N) is 1. The van der Waals surface area contributed by atoms with Gasteiger partial charge >= 0.3 is 0 Å². The number of halogens is 2. The van der Waals surface area contributed by atoms with Crippen LogP contribution < -0.4 is 5.73 Å². The number of hydrogen-bond donors (Lipinski definition) is 1. The second-order valence-electron chi connectivity index (χ2n) is 2.96. The van der Waals surface area contributed by atoms with Gasteiger partial charge in [-0.15, -0.1) is 12.4 Å². The first kappa shape index (κ1) is 11.4. The van der Waals surface area contributed by atoms with E-state index in [0.717, 1.165) is 16.0 Å². The molecule has 2 rings (SSSR count). The van der Waals surface area contributed by atoms with Crippen molar-refractivity contribution in [1.29, 1.82) is 0 Å². The fourth-order valence-corrected chi connectivity index (χ4v) is 2.88. The molecule has 1 aromatic carbocycles. The first-order valence-corrected chi connectivity index (χ1v) is 5.84. The molecule has 4 heteroatoms. The van der Waals surface area contributed by atoms with E-state index in [1.165, 1.54) is 11.1 Å². The molecule has 2 N–H and O–H groups in total. The van der Waals surface area contributed by atoms with E-state index in [1.807, 2.05) is 11.8 Å². The molecule has 1 aliphatic heterocycles. The molecule has 0 bridgehead atoms. The highest BCUT2D eigenvalue weighted by atomic mass is 79.9. The third kappa shape index (κ3) is 2.40. The van der Waals surface area contributed by atoms with Crippen molar-refractivity contribution in [3.8, 4) is 0 Å². The highest BCUT2D eigenvalue weighted by molar-refractivity contribution is 9.10. The van der Waals surface area contributed by atoms with Crippen LogP contribution in [0.4, 0.5) is 0 Å². The third-order valence-corrected chi connectivity index (χ3v) is 3.66. The summed E-state index contributed by atoms with van der Waals surface area (Å²) >= 11 is 5.37. The predicted molar refractivity (Wildman–Crippen MR) is 64.5 cm³/mol. The van der Waals surface area contributed by atoms with Crippen LogP contribution in [0.5, 0.6) is 0 Å². The zero-order valence-corrected chi connectivity index (χ0v) is 10.2. The van der Waals surface area contributed by atoms with Crippen LogP contribution in [-0.4, -0.2) is 5.75 Å². The lowest BCUT2D eigenvalue weighted by Crippen LogP contribution is -2.18. The maximum atomic E-state index is 5.96. The van der Waals surface area contributed by atoms with Crippen LogP contribution in [0.1, 0.15) is 17.2 Å². The van der Waals surface area contributed by atoms with Gasteiger partial charge in [-0.1, -0.05) is 22.0 Å². The maximum Gasteiger partial charge on any atom is 0.0389 e. The summed E-state index contributed by atoms with van der Waals surface area (Å²) in [7, 11) is 0. The normalized spacial score (nSPS) is 20.3. The zero-order valence-electron chi connectivity index (χ0n) is 7.00. The van der Waals surface area contributed by atoms with Crippen LogP contribution in [0.15, 0.2) is 22.7 Å². The summed E-state index contributed by atoms with van der Waals surface area (Å²) < 4.78 is 1.15. The summed E-state index contributed by atoms with van der Waals surface area (Å²) in [6.45, 7) is 0. The molecule has 1 unspecified atom stereocenters. The van der Waals surface area contributed by atoms with Crippen LogP contribution in [0.2, 0.25) is 0 Å². The Balaban J connectivity index is 0.000000845. The average Bonchev–Trinajstić information content (AvgIpc) is 2.04. The molecule has 1 aromatic rings. The Labute approximate surface area is 97.0 Å². The van der Waals surface area contributed by atoms with E-state index < -0.39 is 0 Å². The molecule has 0 aliphatic carbocycles. The van der Waals surface area contributed by atoms with Crippen LogP contribution >= 0.6 is 40.1 Å². The lowest BCUT2D eigenvalue weighted by molar-refractivity contribution is 0.809. The first-order chi connectivity index (χ1) is 5.77. The van der Waals surface area contributed by atoms with Gasteiger partial charge in [0.15, 0.2) is 0 Å². The molecule has 72 valence electrons. The molecule has 0 aromatic heterocycles. The molecule has 0 saturated heterocycles. The quantitative estimate of drug-likeness (QED) is 0.790. The van der Waals surface area contributed by atoms with E-state index in [-0.39, 0.29) is 18.4 Å². The van der Waals surface area contributed by atoms with Crippen molar-refractivity contribution in [1.82, 2.24) is 0 Å². The first-order valence-electron chi connectivity index (χ1n) is 3.89. The van der Waals surface area contributed by atoms with Gasteiger partial charge in [-0.05, 0) is 23.3 Å². The Bertz CT molecular complexity index is 306. The highest BCUT2D eigenvalue weighted by Gasteiger charge is 2.16. The van der Waals surface area contributed by atoms with Gasteiger partial charge in [0, 0.05) is 22.0 Å². The third-order valence-electron chi connectivity index (χ3n) is 2.06. The Hall–Kier alpha value is 0.300. The average molecular weight is 281 g/mol. The summed E-state index contributed by atoms with van der Waals surface area (Å²) in [6, 6.07) is 6.59. The molecule has 0 spiro atoms. The second-order valence-corrected chi connectivity index (χ2v) is 4.91. The summed E-state index contributed by atoms with van der Waals surface area (Å²) in [5.41, 5.74) is 8.66. The van der Waals surface area contributed by atoms with Gasteiger partial charge in [0.1, 0.15) is 0 Å². The van der Waals surface area contributed by atoms with E-state index in [0.29, 0.717) is 0 Å². The van der Waals surface area contributed by atoms with Crippen LogP contribution in [0, 0.1) is 0 Å². The molecule has 1 atom stereocenters. The summed E-state index contributed by atoms with van der Waals surface area (Å²) in [5, 5.41) is 0. The Morgan fingerprint density at radius 3 is 3.00 bits per heavy atom. The molecule has 0 amide bonds. The topological polar surface area (TPSA) is 26.0 Å². The maximum absolute atomic E-state index is 5.96. The van der Waals surface area contributed by atoms with E-state index >= 15 is 0 Å². The van der Waals surface area contributed by atoms with Crippen molar-refractivity contribution in [2.24, 2.45) is 5.73 Å². The zero-order chi connectivity index (χ0) is 8.55. The summed E-state index contributed by atoms with van der Waals surface area (Å²) in [5.74, 6) is 2.15. The Kier molecular flexibility index (Phi) is 4.10. The lowest BCUT2D eigenvalue weighted by Gasteiger charge is -2.21. The van der Waals surface area contributed by atoms with Crippen LogP contribution in [0.25, 0.3) is 0 Å². The minimum atomic E-state index is 0. The number of thioether (sulfide) groups is 1. The molecule has 1 aliphatic rings. The van der Waals surface area contributed by atoms with E-state index in [4.69, 9.17) is 5.73 Å². The molecule has 13 heavy (non-hydrogen) atoms. The van der Waals surface area contributed by atoms with Crippen molar-refractivity contribution >= 4 is 40.1 Å². The van der Waals surface area contributed by atoms with E-state index in [2.05, 4.69) is 34.1 Å². The van der Waals surface area contributed by atoms with Crippen molar-refractivity contribution in [2.45, 2.75) is 11.8 Å². The van der Waals surface area contributed by atoms with Gasteiger partial charge in [-0.25, -0.2) is 0 Å². The van der Waals surface area contributed by atoms with Crippen molar-refractivity contribution < 1.29 is 0 Å². The highest BCUT2D eigenvalue weighted by Crippen LogP contribution is 2.31.